The minimum Gasteiger partial charge on any atom is -0.462 e. The molecule has 8 nitrogen and oxygen atoms in total. The number of carbonyl (C=O) groups excluding carboxylic acids is 4. The number of nitrogens with one attached hydrogen (secondary N) is 2. The molecule has 0 spiro atoms. The zero-order valence-electron chi connectivity index (χ0n) is 18.9. The molecule has 4 amide bonds. The molecule has 1 fully saturated rings. The van der Waals surface area contributed by atoms with E-state index < -0.39 is 30.0 Å². The van der Waals surface area contributed by atoms with E-state index in [1.807, 2.05) is 37.3 Å². The highest BCUT2D eigenvalue weighted by atomic mass is 16.5. The van der Waals surface area contributed by atoms with Gasteiger partial charge in [0.2, 0.25) is 5.91 Å². The van der Waals surface area contributed by atoms with Crippen molar-refractivity contribution in [2.24, 2.45) is 0 Å². The monoisotopic (exact) mass is 451 g/mol. The molecule has 0 aromatic heterocycles. The molecule has 0 radical (unpaired) electrons. The van der Waals surface area contributed by atoms with E-state index in [-0.39, 0.29) is 19.1 Å². The summed E-state index contributed by atoms with van der Waals surface area (Å²) in [4.78, 5) is 50.5. The van der Waals surface area contributed by atoms with Crippen LogP contribution in [0.4, 0.5) is 4.79 Å². The lowest BCUT2D eigenvalue weighted by molar-refractivity contribution is -0.148. The van der Waals surface area contributed by atoms with E-state index in [9.17, 15) is 19.2 Å². The van der Waals surface area contributed by atoms with Gasteiger partial charge in [-0.15, -0.1) is 0 Å². The van der Waals surface area contributed by atoms with Crippen LogP contribution in [0.5, 0.6) is 0 Å². The first-order valence-corrected chi connectivity index (χ1v) is 11.0. The number of nitrogens with zero attached hydrogens (tertiary/aromatic N) is 1. The molecule has 2 aromatic carbocycles. The van der Waals surface area contributed by atoms with Crippen LogP contribution < -0.4 is 10.6 Å². The van der Waals surface area contributed by atoms with Crippen molar-refractivity contribution in [3.8, 4) is 0 Å². The van der Waals surface area contributed by atoms with Crippen molar-refractivity contribution in [3.63, 3.8) is 0 Å². The van der Waals surface area contributed by atoms with Crippen LogP contribution in [0.1, 0.15) is 36.5 Å². The number of ether oxygens (including phenoxy) is 1. The van der Waals surface area contributed by atoms with Crippen molar-refractivity contribution in [3.05, 3.63) is 71.3 Å². The van der Waals surface area contributed by atoms with Gasteiger partial charge in [-0.1, -0.05) is 67.1 Å². The Morgan fingerprint density at radius 2 is 1.76 bits per heavy atom. The third-order valence-corrected chi connectivity index (χ3v) is 5.71. The predicted octanol–water partition coefficient (Wildman–Crippen LogP) is 2.44. The van der Waals surface area contributed by atoms with E-state index in [1.54, 1.807) is 31.2 Å². The van der Waals surface area contributed by atoms with Gasteiger partial charge in [-0.2, -0.15) is 0 Å². The zero-order chi connectivity index (χ0) is 23.8. The van der Waals surface area contributed by atoms with Crippen molar-refractivity contribution in [1.82, 2.24) is 15.5 Å². The molecule has 1 atom stereocenters. The average Bonchev–Trinajstić information content (AvgIpc) is 3.07. The van der Waals surface area contributed by atoms with Crippen LogP contribution in [0, 0.1) is 6.92 Å². The fourth-order valence-corrected chi connectivity index (χ4v) is 3.76. The van der Waals surface area contributed by atoms with Crippen molar-refractivity contribution in [1.29, 1.82) is 0 Å². The maximum atomic E-state index is 13.0. The van der Waals surface area contributed by atoms with Crippen molar-refractivity contribution in [2.45, 2.75) is 38.6 Å². The molecule has 2 aromatic rings. The van der Waals surface area contributed by atoms with Crippen molar-refractivity contribution in [2.75, 3.05) is 19.7 Å². The summed E-state index contributed by atoms with van der Waals surface area (Å²) >= 11 is 0. The molecule has 1 unspecified atom stereocenters. The normalized spacial score (nSPS) is 17.6. The molecule has 8 heteroatoms. The Hall–Kier alpha value is -3.68. The van der Waals surface area contributed by atoms with Gasteiger partial charge in [0.1, 0.15) is 18.7 Å². The molecular weight excluding hydrogens is 422 g/mol. The first-order chi connectivity index (χ1) is 15.9. The van der Waals surface area contributed by atoms with Gasteiger partial charge in [0.15, 0.2) is 0 Å². The number of carbonyl (C=O) groups is 4. The fourth-order valence-electron chi connectivity index (χ4n) is 3.76. The lowest BCUT2D eigenvalue weighted by Crippen LogP contribution is -2.44. The molecule has 1 heterocycles. The summed E-state index contributed by atoms with van der Waals surface area (Å²) < 4.78 is 5.11. The maximum absolute atomic E-state index is 13.0. The Bertz CT molecular complexity index is 1010. The smallest absolute Gasteiger partial charge is 0.326 e. The number of aryl methyl sites for hydroxylation is 2. The number of hydrogen-bond donors (Lipinski definition) is 2. The van der Waals surface area contributed by atoms with E-state index >= 15 is 0 Å². The Labute approximate surface area is 193 Å². The van der Waals surface area contributed by atoms with Gasteiger partial charge in [0.25, 0.3) is 5.91 Å². The highest BCUT2D eigenvalue weighted by Crippen LogP contribution is 2.32. The fraction of sp³-hybridized carbons (Fsp3) is 0.360. The number of esters is 1. The molecule has 0 bridgehead atoms. The van der Waals surface area contributed by atoms with Gasteiger partial charge in [0, 0.05) is 6.42 Å². The minimum absolute atomic E-state index is 0.0453. The van der Waals surface area contributed by atoms with Crippen LogP contribution in [0.3, 0.4) is 0 Å². The van der Waals surface area contributed by atoms with Gasteiger partial charge in [-0.25, -0.2) is 4.79 Å². The summed E-state index contributed by atoms with van der Waals surface area (Å²) in [6.07, 6.45) is 1.30. The maximum Gasteiger partial charge on any atom is 0.326 e. The highest BCUT2D eigenvalue weighted by molar-refractivity contribution is 6.09. The second kappa shape index (κ2) is 10.8. The topological polar surface area (TPSA) is 105 Å². The van der Waals surface area contributed by atoms with E-state index in [0.717, 1.165) is 10.5 Å². The van der Waals surface area contributed by atoms with E-state index in [2.05, 4.69) is 10.6 Å². The second-order valence-corrected chi connectivity index (χ2v) is 8.00. The summed E-state index contributed by atoms with van der Waals surface area (Å²) in [6, 6.07) is 16.3. The first kappa shape index (κ1) is 24.0. The Balaban J connectivity index is 1.42. The van der Waals surface area contributed by atoms with Gasteiger partial charge >= 0.3 is 12.0 Å². The molecule has 33 heavy (non-hydrogen) atoms. The van der Waals surface area contributed by atoms with Crippen LogP contribution in [-0.4, -0.2) is 48.4 Å². The SMILES string of the molecule is CCC1(c2ccccc2)NC(=O)N(CC(=O)OCCNC(=O)CCc2ccc(C)cc2)C1=O. The van der Waals surface area contributed by atoms with E-state index in [4.69, 9.17) is 4.74 Å². The number of benzene rings is 2. The highest BCUT2D eigenvalue weighted by Gasteiger charge is 2.51. The van der Waals surface area contributed by atoms with Crippen molar-refractivity contribution < 1.29 is 23.9 Å². The zero-order valence-corrected chi connectivity index (χ0v) is 18.9. The Morgan fingerprint density at radius 1 is 1.06 bits per heavy atom. The third-order valence-electron chi connectivity index (χ3n) is 5.71. The Kier molecular flexibility index (Phi) is 7.82. The molecule has 0 saturated carbocycles. The number of hydrogen-bond acceptors (Lipinski definition) is 5. The summed E-state index contributed by atoms with van der Waals surface area (Å²) in [6.45, 7) is 3.43. The van der Waals surface area contributed by atoms with Crippen LogP contribution in [0.25, 0.3) is 0 Å². The number of imide groups is 1. The second-order valence-electron chi connectivity index (χ2n) is 8.00. The summed E-state index contributed by atoms with van der Waals surface area (Å²) in [5, 5.41) is 5.42. The summed E-state index contributed by atoms with van der Waals surface area (Å²) in [5.74, 6) is -1.34. The average molecular weight is 452 g/mol. The molecule has 3 rings (SSSR count). The van der Waals surface area contributed by atoms with Gasteiger partial charge in [-0.3, -0.25) is 19.3 Å². The summed E-state index contributed by atoms with van der Waals surface area (Å²) in [5.41, 5.74) is 1.72. The largest absolute Gasteiger partial charge is 0.462 e. The number of rotatable bonds is 10. The summed E-state index contributed by atoms with van der Waals surface area (Å²) in [7, 11) is 0. The predicted molar refractivity (Wildman–Crippen MR) is 122 cm³/mol. The quantitative estimate of drug-likeness (QED) is 0.328. The van der Waals surface area contributed by atoms with Gasteiger partial charge in [0.05, 0.1) is 6.54 Å². The molecule has 1 aliphatic rings. The van der Waals surface area contributed by atoms with Gasteiger partial charge in [-0.05, 0) is 30.9 Å². The number of amides is 4. The van der Waals surface area contributed by atoms with Crippen LogP contribution in [-0.2, 0) is 31.1 Å². The third kappa shape index (κ3) is 5.77. The Morgan fingerprint density at radius 3 is 2.42 bits per heavy atom. The van der Waals surface area contributed by atoms with Gasteiger partial charge < -0.3 is 15.4 Å². The molecule has 0 aliphatic carbocycles. The molecule has 2 N–H and O–H groups in total. The molecular formula is C25H29N3O5. The first-order valence-electron chi connectivity index (χ1n) is 11.0. The standard InChI is InChI=1S/C25H29N3O5/c1-3-25(20-7-5-4-6-8-20)23(31)28(24(32)27-25)17-22(30)33-16-15-26-21(29)14-13-19-11-9-18(2)10-12-19/h4-12H,3,13-17H2,1-2H3,(H,26,29)(H,27,32). The van der Waals surface area contributed by atoms with E-state index in [1.165, 1.54) is 5.56 Å². The molecule has 174 valence electrons. The minimum atomic E-state index is -1.19. The van der Waals surface area contributed by atoms with E-state index in [0.29, 0.717) is 24.8 Å². The van der Waals surface area contributed by atoms with Crippen molar-refractivity contribution >= 4 is 23.8 Å². The lowest BCUT2D eigenvalue weighted by Gasteiger charge is -2.25. The molecule has 1 saturated heterocycles. The lowest BCUT2D eigenvalue weighted by atomic mass is 9.87. The van der Waals surface area contributed by atoms with Crippen LogP contribution >= 0.6 is 0 Å². The van der Waals surface area contributed by atoms with Crippen LogP contribution in [0.15, 0.2) is 54.6 Å². The molecule has 1 aliphatic heterocycles. The number of urea groups is 1. The van der Waals surface area contributed by atoms with Crippen LogP contribution in [0.2, 0.25) is 0 Å².